The molecule has 0 fully saturated rings. The van der Waals surface area contributed by atoms with Crippen LogP contribution in [0.15, 0.2) is 0 Å². The molecule has 0 spiro atoms. The number of rotatable bonds is 2. The van der Waals surface area contributed by atoms with Crippen LogP contribution in [0.25, 0.3) is 0 Å². The fraction of sp³-hybridized carbons (Fsp3) is 1.00. The van der Waals surface area contributed by atoms with E-state index in [0.29, 0.717) is 6.42 Å². The van der Waals surface area contributed by atoms with Crippen molar-refractivity contribution in [2.45, 2.75) is 32.5 Å². The van der Waals surface area contributed by atoms with Gasteiger partial charge in [0, 0.05) is 0 Å². The number of hydrogen-bond donors (Lipinski definition) is 1. The molecule has 0 rings (SSSR count). The minimum atomic E-state index is -4.24. The van der Waals surface area contributed by atoms with Gasteiger partial charge in [0.15, 0.2) is 0 Å². The van der Waals surface area contributed by atoms with E-state index in [1.54, 1.807) is 6.92 Å². The van der Waals surface area contributed by atoms with Crippen LogP contribution >= 0.6 is 0 Å². The van der Waals surface area contributed by atoms with Gasteiger partial charge in [-0.1, -0.05) is 20.3 Å². The molecule has 0 heterocycles. The first-order chi connectivity index (χ1) is 4.39. The van der Waals surface area contributed by atoms with Crippen LogP contribution < -0.4 is 5.73 Å². The van der Waals surface area contributed by atoms with Crippen LogP contribution in [0.1, 0.15) is 20.3 Å². The van der Waals surface area contributed by atoms with Crippen molar-refractivity contribution in [1.29, 1.82) is 0 Å². The second kappa shape index (κ2) is 3.23. The summed E-state index contributed by atoms with van der Waals surface area (Å²) in [5, 5.41) is 0. The molecule has 62 valence electrons. The lowest BCUT2D eigenvalue weighted by Gasteiger charge is -2.20. The van der Waals surface area contributed by atoms with Crippen molar-refractivity contribution in [1.82, 2.24) is 0 Å². The maximum Gasteiger partial charge on any atom is 0.403 e. The lowest BCUT2D eigenvalue weighted by Crippen LogP contribution is -2.42. The molecule has 2 atom stereocenters. The third-order valence-corrected chi connectivity index (χ3v) is 1.63. The van der Waals surface area contributed by atoms with Crippen molar-refractivity contribution in [3.63, 3.8) is 0 Å². The van der Waals surface area contributed by atoms with Crippen molar-refractivity contribution in [2.24, 2.45) is 11.7 Å². The highest BCUT2D eigenvalue weighted by Gasteiger charge is 2.39. The zero-order valence-corrected chi connectivity index (χ0v) is 6.07. The van der Waals surface area contributed by atoms with E-state index in [4.69, 9.17) is 5.73 Å². The van der Waals surface area contributed by atoms with Crippen LogP contribution in [0.5, 0.6) is 0 Å². The largest absolute Gasteiger partial charge is 0.403 e. The van der Waals surface area contributed by atoms with Gasteiger partial charge in [-0.3, -0.25) is 0 Å². The summed E-state index contributed by atoms with van der Waals surface area (Å²) in [6, 6.07) is -1.67. The van der Waals surface area contributed by atoms with Crippen LogP contribution in [0.2, 0.25) is 0 Å². The molecule has 0 saturated carbocycles. The summed E-state index contributed by atoms with van der Waals surface area (Å²) in [4.78, 5) is 0. The number of halogens is 3. The van der Waals surface area contributed by atoms with E-state index in [2.05, 4.69) is 0 Å². The van der Waals surface area contributed by atoms with Crippen molar-refractivity contribution in [3.8, 4) is 0 Å². The first kappa shape index (κ1) is 9.75. The second-order valence-electron chi connectivity index (χ2n) is 2.45. The molecule has 0 aliphatic heterocycles. The van der Waals surface area contributed by atoms with Gasteiger partial charge < -0.3 is 5.73 Å². The van der Waals surface area contributed by atoms with E-state index in [-0.39, 0.29) is 0 Å². The first-order valence-electron chi connectivity index (χ1n) is 3.21. The Morgan fingerprint density at radius 3 is 1.90 bits per heavy atom. The minimum Gasteiger partial charge on any atom is -0.320 e. The predicted molar refractivity (Wildman–Crippen MR) is 33.5 cm³/mol. The molecule has 2 N–H and O–H groups in total. The van der Waals surface area contributed by atoms with E-state index < -0.39 is 18.1 Å². The molecule has 0 aliphatic carbocycles. The summed E-state index contributed by atoms with van der Waals surface area (Å²) in [5.74, 6) is -0.486. The standard InChI is InChI=1S/C6H12F3N/c1-3-4(2)5(10)6(7,8)9/h4-5H,3,10H2,1-2H3. The molecule has 0 saturated heterocycles. The van der Waals surface area contributed by atoms with Gasteiger partial charge in [0.05, 0.1) is 0 Å². The summed E-state index contributed by atoms with van der Waals surface area (Å²) >= 11 is 0. The molecule has 1 nitrogen and oxygen atoms in total. The highest BCUT2D eigenvalue weighted by atomic mass is 19.4. The Bertz CT molecular complexity index is 99.7. The number of nitrogens with two attached hydrogens (primary N) is 1. The Hall–Kier alpha value is -0.250. The molecule has 0 aromatic rings. The average Bonchev–Trinajstić information content (AvgIpc) is 1.83. The predicted octanol–water partition coefficient (Wildman–Crippen LogP) is 1.92. The van der Waals surface area contributed by atoms with E-state index in [1.165, 1.54) is 6.92 Å². The van der Waals surface area contributed by atoms with Gasteiger partial charge in [0.2, 0.25) is 0 Å². The van der Waals surface area contributed by atoms with Gasteiger partial charge in [0.25, 0.3) is 0 Å². The molecule has 0 bridgehead atoms. The third kappa shape index (κ3) is 2.56. The van der Waals surface area contributed by atoms with Crippen LogP contribution in [-0.4, -0.2) is 12.2 Å². The van der Waals surface area contributed by atoms with Crippen molar-refractivity contribution in [3.05, 3.63) is 0 Å². The Balaban J connectivity index is 3.94. The normalized spacial score (nSPS) is 18.6. The lowest BCUT2D eigenvalue weighted by molar-refractivity contribution is -0.157. The van der Waals surface area contributed by atoms with E-state index >= 15 is 0 Å². The Morgan fingerprint density at radius 2 is 1.80 bits per heavy atom. The van der Waals surface area contributed by atoms with Gasteiger partial charge in [-0.2, -0.15) is 13.2 Å². The summed E-state index contributed by atoms with van der Waals surface area (Å²) in [6.45, 7) is 3.19. The Morgan fingerprint density at radius 1 is 1.40 bits per heavy atom. The molecular formula is C6H12F3N. The molecule has 0 aromatic heterocycles. The molecule has 0 aromatic carbocycles. The lowest BCUT2D eigenvalue weighted by atomic mass is 10.00. The Labute approximate surface area is 58.4 Å². The summed E-state index contributed by atoms with van der Waals surface area (Å²) < 4.78 is 35.3. The fourth-order valence-electron chi connectivity index (χ4n) is 0.577. The van der Waals surface area contributed by atoms with Crippen LogP contribution in [0.3, 0.4) is 0 Å². The highest BCUT2D eigenvalue weighted by Crippen LogP contribution is 2.24. The number of alkyl halides is 3. The maximum absolute atomic E-state index is 11.8. The monoisotopic (exact) mass is 155 g/mol. The van der Waals surface area contributed by atoms with Gasteiger partial charge in [-0.15, -0.1) is 0 Å². The molecule has 0 amide bonds. The molecular weight excluding hydrogens is 143 g/mol. The molecule has 2 unspecified atom stereocenters. The third-order valence-electron chi connectivity index (χ3n) is 1.63. The van der Waals surface area contributed by atoms with Gasteiger partial charge in [-0.25, -0.2) is 0 Å². The molecule has 0 radical (unpaired) electrons. The zero-order valence-electron chi connectivity index (χ0n) is 6.07. The zero-order chi connectivity index (χ0) is 8.36. The van der Waals surface area contributed by atoms with Crippen molar-refractivity contribution >= 4 is 0 Å². The van der Waals surface area contributed by atoms with Crippen molar-refractivity contribution < 1.29 is 13.2 Å². The fourth-order valence-corrected chi connectivity index (χ4v) is 0.577. The van der Waals surface area contributed by atoms with Crippen LogP contribution in [-0.2, 0) is 0 Å². The highest BCUT2D eigenvalue weighted by molar-refractivity contribution is 4.75. The Kier molecular flexibility index (Phi) is 3.15. The van der Waals surface area contributed by atoms with E-state index in [0.717, 1.165) is 0 Å². The maximum atomic E-state index is 11.8. The van der Waals surface area contributed by atoms with Gasteiger partial charge >= 0.3 is 6.18 Å². The molecule has 0 aliphatic rings. The minimum absolute atomic E-state index is 0.459. The molecule has 10 heavy (non-hydrogen) atoms. The van der Waals surface area contributed by atoms with Crippen LogP contribution in [0, 0.1) is 5.92 Å². The van der Waals surface area contributed by atoms with E-state index in [9.17, 15) is 13.2 Å². The van der Waals surface area contributed by atoms with Crippen LogP contribution in [0.4, 0.5) is 13.2 Å². The summed E-state index contributed by atoms with van der Waals surface area (Å²) in [7, 11) is 0. The number of hydrogen-bond acceptors (Lipinski definition) is 1. The molecule has 4 heteroatoms. The summed E-state index contributed by atoms with van der Waals surface area (Å²) in [5.41, 5.74) is 4.88. The van der Waals surface area contributed by atoms with Crippen molar-refractivity contribution in [2.75, 3.05) is 0 Å². The smallest absolute Gasteiger partial charge is 0.320 e. The van der Waals surface area contributed by atoms with Gasteiger partial charge in [-0.05, 0) is 5.92 Å². The SMILES string of the molecule is CCC(C)C(N)C(F)(F)F. The van der Waals surface area contributed by atoms with Gasteiger partial charge in [0.1, 0.15) is 6.04 Å². The second-order valence-corrected chi connectivity index (χ2v) is 2.45. The summed E-state index contributed by atoms with van der Waals surface area (Å²) in [6.07, 6.45) is -3.78. The first-order valence-corrected chi connectivity index (χ1v) is 3.21. The quantitative estimate of drug-likeness (QED) is 0.647. The van der Waals surface area contributed by atoms with E-state index in [1.807, 2.05) is 0 Å². The average molecular weight is 155 g/mol. The topological polar surface area (TPSA) is 26.0 Å².